The summed E-state index contributed by atoms with van der Waals surface area (Å²) in [5, 5.41) is 3.12. The van der Waals surface area contributed by atoms with Gasteiger partial charge in [-0.3, -0.25) is 4.79 Å². The van der Waals surface area contributed by atoms with Crippen LogP contribution in [-0.4, -0.2) is 29.6 Å². The third-order valence-electron chi connectivity index (χ3n) is 2.42. The lowest BCUT2D eigenvalue weighted by Crippen LogP contribution is -2.56. The zero-order valence-electron chi connectivity index (χ0n) is 6.10. The fourth-order valence-corrected chi connectivity index (χ4v) is 2.13. The van der Waals surface area contributed by atoms with Crippen LogP contribution in [0.2, 0.25) is 0 Å². The molecule has 2 rings (SSSR count). The molecule has 0 saturated carbocycles. The second kappa shape index (κ2) is 2.58. The molecule has 1 N–H and O–H groups in total. The lowest BCUT2D eigenvalue weighted by Gasteiger charge is -2.34. The summed E-state index contributed by atoms with van der Waals surface area (Å²) < 4.78 is 6.10. The molecule has 0 amide bonds. The van der Waals surface area contributed by atoms with Crippen LogP contribution in [0.25, 0.3) is 0 Å². The molecule has 0 aromatic carbocycles. The number of nitrogens with one attached hydrogen (secondary N) is 1. The van der Waals surface area contributed by atoms with Crippen LogP contribution < -0.4 is 5.32 Å². The van der Waals surface area contributed by atoms with E-state index in [0.29, 0.717) is 0 Å². The van der Waals surface area contributed by atoms with E-state index in [1.165, 1.54) is 0 Å². The van der Waals surface area contributed by atoms with E-state index in [1.807, 2.05) is 0 Å². The Kier molecular flexibility index (Phi) is 1.83. The Morgan fingerprint density at radius 3 is 2.73 bits per heavy atom. The first kappa shape index (κ1) is 7.79. The molecule has 0 aliphatic carbocycles. The van der Waals surface area contributed by atoms with Crippen LogP contribution in [0.3, 0.4) is 0 Å². The minimum atomic E-state index is -0.129. The zero-order chi connectivity index (χ0) is 7.90. The lowest BCUT2D eigenvalue weighted by molar-refractivity contribution is -0.150. The van der Waals surface area contributed by atoms with E-state index in [-0.39, 0.29) is 17.5 Å². The Hall–Kier alpha value is 0.160. The van der Waals surface area contributed by atoms with E-state index in [1.54, 1.807) is 0 Å². The van der Waals surface area contributed by atoms with Gasteiger partial charge in [-0.25, -0.2) is 0 Å². The zero-order valence-corrected chi connectivity index (χ0v) is 8.26. The van der Waals surface area contributed by atoms with Crippen LogP contribution in [0.4, 0.5) is 0 Å². The molecule has 1 unspecified atom stereocenters. The molecule has 1 atom stereocenters. The Morgan fingerprint density at radius 1 is 1.73 bits per heavy atom. The van der Waals surface area contributed by atoms with Crippen molar-refractivity contribution in [3.05, 3.63) is 0 Å². The molecule has 2 aliphatic heterocycles. The molecule has 0 bridgehead atoms. The summed E-state index contributed by atoms with van der Waals surface area (Å²) in [5.41, 5.74) is -0.129. The van der Waals surface area contributed by atoms with Gasteiger partial charge in [0.05, 0.1) is 5.41 Å². The molecule has 0 aromatic rings. The molecule has 4 heteroatoms. The molecule has 62 valence electrons. The van der Waals surface area contributed by atoms with Gasteiger partial charge in [0.25, 0.3) is 0 Å². The standard InChI is InChI=1S/C7H10INO2/c8-2-5-1-7(3-9-4-7)6(10)11-5/h5,9H,1-4H2. The third kappa shape index (κ3) is 1.07. The maximum atomic E-state index is 11.3. The van der Waals surface area contributed by atoms with Gasteiger partial charge >= 0.3 is 5.97 Å². The minimum Gasteiger partial charge on any atom is -0.461 e. The number of cyclic esters (lactones) is 1. The van der Waals surface area contributed by atoms with Gasteiger partial charge in [-0.2, -0.15) is 0 Å². The van der Waals surface area contributed by atoms with E-state index in [0.717, 1.165) is 23.9 Å². The number of rotatable bonds is 1. The number of carbonyl (C=O) groups is 1. The molecule has 1 spiro atoms. The van der Waals surface area contributed by atoms with Crippen molar-refractivity contribution in [3.8, 4) is 0 Å². The van der Waals surface area contributed by atoms with E-state index in [4.69, 9.17) is 4.74 Å². The van der Waals surface area contributed by atoms with Gasteiger partial charge in [-0.1, -0.05) is 22.6 Å². The van der Waals surface area contributed by atoms with E-state index in [2.05, 4.69) is 27.9 Å². The molecule has 2 heterocycles. The van der Waals surface area contributed by atoms with Crippen LogP contribution in [0.5, 0.6) is 0 Å². The quantitative estimate of drug-likeness (QED) is 0.422. The summed E-state index contributed by atoms with van der Waals surface area (Å²) in [6, 6.07) is 0. The number of hydrogen-bond donors (Lipinski definition) is 1. The topological polar surface area (TPSA) is 38.3 Å². The molecule has 11 heavy (non-hydrogen) atoms. The molecule has 0 radical (unpaired) electrons. The van der Waals surface area contributed by atoms with Crippen LogP contribution in [0.15, 0.2) is 0 Å². The van der Waals surface area contributed by atoms with Crippen LogP contribution in [0, 0.1) is 5.41 Å². The largest absolute Gasteiger partial charge is 0.461 e. The van der Waals surface area contributed by atoms with E-state index in [9.17, 15) is 4.79 Å². The summed E-state index contributed by atoms with van der Waals surface area (Å²) >= 11 is 2.26. The first-order valence-corrected chi connectivity index (χ1v) is 5.27. The highest BCUT2D eigenvalue weighted by Gasteiger charge is 2.52. The highest BCUT2D eigenvalue weighted by atomic mass is 127. The van der Waals surface area contributed by atoms with Gasteiger partial charge in [0.15, 0.2) is 0 Å². The molecular formula is C7H10INO2. The highest BCUT2D eigenvalue weighted by Crippen LogP contribution is 2.37. The summed E-state index contributed by atoms with van der Waals surface area (Å²) in [6.45, 7) is 1.64. The molecule has 2 fully saturated rings. The highest BCUT2D eigenvalue weighted by molar-refractivity contribution is 14.1. The normalized spacial score (nSPS) is 33.5. The Labute approximate surface area is 79.0 Å². The second-order valence-electron chi connectivity index (χ2n) is 3.27. The molecule has 2 aliphatic rings. The fraction of sp³-hybridized carbons (Fsp3) is 0.857. The van der Waals surface area contributed by atoms with Crippen molar-refractivity contribution >= 4 is 28.6 Å². The lowest BCUT2D eigenvalue weighted by atomic mass is 9.79. The third-order valence-corrected chi connectivity index (χ3v) is 3.41. The molecular weight excluding hydrogens is 257 g/mol. The first-order valence-electron chi connectivity index (χ1n) is 3.75. The van der Waals surface area contributed by atoms with Gasteiger partial charge in [0, 0.05) is 23.9 Å². The number of ether oxygens (including phenoxy) is 1. The van der Waals surface area contributed by atoms with E-state index >= 15 is 0 Å². The number of hydrogen-bond acceptors (Lipinski definition) is 3. The first-order chi connectivity index (χ1) is 5.27. The molecule has 2 saturated heterocycles. The van der Waals surface area contributed by atoms with Crippen LogP contribution in [0.1, 0.15) is 6.42 Å². The van der Waals surface area contributed by atoms with Crippen molar-refractivity contribution in [1.82, 2.24) is 5.32 Å². The number of alkyl halides is 1. The van der Waals surface area contributed by atoms with Crippen LogP contribution in [-0.2, 0) is 9.53 Å². The number of halogens is 1. The van der Waals surface area contributed by atoms with Crippen molar-refractivity contribution in [2.45, 2.75) is 12.5 Å². The predicted octanol–water partition coefficient (Wildman–Crippen LogP) is 0.326. The Bertz CT molecular complexity index is 191. The van der Waals surface area contributed by atoms with Crippen molar-refractivity contribution in [3.63, 3.8) is 0 Å². The minimum absolute atomic E-state index is 0.0120. The summed E-state index contributed by atoms with van der Waals surface area (Å²) in [4.78, 5) is 11.3. The maximum absolute atomic E-state index is 11.3. The molecule has 0 aromatic heterocycles. The summed E-state index contributed by atoms with van der Waals surface area (Å²) in [7, 11) is 0. The Morgan fingerprint density at radius 2 is 2.45 bits per heavy atom. The van der Waals surface area contributed by atoms with Crippen molar-refractivity contribution in [2.24, 2.45) is 5.41 Å². The molecule has 3 nitrogen and oxygen atoms in total. The smallest absolute Gasteiger partial charge is 0.315 e. The SMILES string of the molecule is O=C1OC(CI)CC12CNC2. The van der Waals surface area contributed by atoms with Gasteiger partial charge < -0.3 is 10.1 Å². The monoisotopic (exact) mass is 267 g/mol. The second-order valence-corrected chi connectivity index (χ2v) is 4.15. The van der Waals surface area contributed by atoms with Crippen molar-refractivity contribution < 1.29 is 9.53 Å². The predicted molar refractivity (Wildman–Crippen MR) is 48.7 cm³/mol. The summed E-state index contributed by atoms with van der Waals surface area (Å²) in [6.07, 6.45) is 1.09. The number of esters is 1. The number of carbonyl (C=O) groups excluding carboxylic acids is 1. The van der Waals surface area contributed by atoms with Gasteiger partial charge in [-0.05, 0) is 0 Å². The maximum Gasteiger partial charge on any atom is 0.315 e. The van der Waals surface area contributed by atoms with Gasteiger partial charge in [0.1, 0.15) is 6.10 Å². The van der Waals surface area contributed by atoms with E-state index < -0.39 is 0 Å². The summed E-state index contributed by atoms with van der Waals surface area (Å²) in [5.74, 6) is 0.0120. The van der Waals surface area contributed by atoms with Crippen LogP contribution >= 0.6 is 22.6 Å². The van der Waals surface area contributed by atoms with Crippen molar-refractivity contribution in [1.29, 1.82) is 0 Å². The average Bonchev–Trinajstić information content (AvgIpc) is 2.25. The average molecular weight is 267 g/mol. The van der Waals surface area contributed by atoms with Crippen molar-refractivity contribution in [2.75, 3.05) is 17.5 Å². The van der Waals surface area contributed by atoms with Gasteiger partial charge in [-0.15, -0.1) is 0 Å². The Balaban J connectivity index is 2.08. The van der Waals surface area contributed by atoms with Gasteiger partial charge in [0.2, 0.25) is 0 Å². The fourth-order valence-electron chi connectivity index (χ4n) is 1.64.